The first-order chi connectivity index (χ1) is 9.88. The zero-order valence-electron chi connectivity index (χ0n) is 11.6. The number of nitro groups is 1. The number of benzene rings is 1. The van der Waals surface area contributed by atoms with Crippen molar-refractivity contribution < 1.29 is 19.9 Å². The highest BCUT2D eigenvalue weighted by atomic mass is 35.5. The van der Waals surface area contributed by atoms with Gasteiger partial charge in [0.25, 0.3) is 5.69 Å². The quantitative estimate of drug-likeness (QED) is 0.434. The van der Waals surface area contributed by atoms with E-state index in [1.165, 1.54) is 0 Å². The Morgan fingerprint density at radius 1 is 1.38 bits per heavy atom. The van der Waals surface area contributed by atoms with Gasteiger partial charge >= 0.3 is 5.97 Å². The van der Waals surface area contributed by atoms with Crippen molar-refractivity contribution in [3.63, 3.8) is 0 Å². The Hall–Kier alpha value is -1.86. The first-order valence-corrected chi connectivity index (χ1v) is 6.79. The smallest absolute Gasteiger partial charge is 0.338 e. The van der Waals surface area contributed by atoms with E-state index in [1.54, 1.807) is 11.9 Å². The van der Waals surface area contributed by atoms with E-state index in [-0.39, 0.29) is 28.6 Å². The predicted octanol–water partition coefficient (Wildman–Crippen LogP) is 2.55. The van der Waals surface area contributed by atoms with Crippen molar-refractivity contribution in [2.24, 2.45) is 0 Å². The second-order valence-electron chi connectivity index (χ2n) is 4.59. The van der Waals surface area contributed by atoms with E-state index in [1.807, 2.05) is 0 Å². The maximum absolute atomic E-state index is 11.3. The first kappa shape index (κ1) is 17.2. The standard InChI is InChI=1S/C13H17ClN2O5/c1-15(5-3-2-4-6-17)12-10(13(18)19)7-9(16(20)21)8-11(12)14/h7-8,17H,2-6H2,1H3,(H,18,19). The van der Waals surface area contributed by atoms with Crippen molar-refractivity contribution in [2.45, 2.75) is 19.3 Å². The average Bonchev–Trinajstić information content (AvgIpc) is 2.42. The molecule has 0 unspecified atom stereocenters. The van der Waals surface area contributed by atoms with Crippen molar-refractivity contribution >= 4 is 28.9 Å². The summed E-state index contributed by atoms with van der Waals surface area (Å²) in [6, 6.07) is 2.15. The lowest BCUT2D eigenvalue weighted by Crippen LogP contribution is -2.22. The van der Waals surface area contributed by atoms with E-state index >= 15 is 0 Å². The fraction of sp³-hybridized carbons (Fsp3) is 0.462. The van der Waals surface area contributed by atoms with Crippen LogP contribution < -0.4 is 4.90 Å². The van der Waals surface area contributed by atoms with Crippen LogP contribution in [-0.4, -0.2) is 41.3 Å². The molecular formula is C13H17ClN2O5. The number of anilines is 1. The number of halogens is 1. The van der Waals surface area contributed by atoms with Gasteiger partial charge in [0.15, 0.2) is 0 Å². The molecule has 0 aliphatic carbocycles. The Morgan fingerprint density at radius 2 is 2.05 bits per heavy atom. The molecule has 0 heterocycles. The number of hydrogen-bond donors (Lipinski definition) is 2. The number of carboxylic acids is 1. The number of hydrogen-bond acceptors (Lipinski definition) is 5. The minimum Gasteiger partial charge on any atom is -0.478 e. The van der Waals surface area contributed by atoms with Gasteiger partial charge in [0.1, 0.15) is 0 Å². The van der Waals surface area contributed by atoms with Crippen LogP contribution in [-0.2, 0) is 0 Å². The molecule has 0 bridgehead atoms. The van der Waals surface area contributed by atoms with Gasteiger partial charge in [0.05, 0.1) is 21.2 Å². The summed E-state index contributed by atoms with van der Waals surface area (Å²) in [6.07, 6.45) is 2.23. The second-order valence-corrected chi connectivity index (χ2v) is 5.00. The van der Waals surface area contributed by atoms with Crippen LogP contribution >= 0.6 is 11.6 Å². The van der Waals surface area contributed by atoms with Crippen LogP contribution in [0.1, 0.15) is 29.6 Å². The minimum absolute atomic E-state index is 0.0336. The summed E-state index contributed by atoms with van der Waals surface area (Å²) in [5.41, 5.74) is -0.285. The molecule has 0 aromatic heterocycles. The largest absolute Gasteiger partial charge is 0.478 e. The Morgan fingerprint density at radius 3 is 2.57 bits per heavy atom. The molecule has 1 aromatic rings. The van der Waals surface area contributed by atoms with Crippen LogP contribution in [0.5, 0.6) is 0 Å². The van der Waals surface area contributed by atoms with Crippen LogP contribution in [0.2, 0.25) is 5.02 Å². The Kier molecular flexibility index (Phi) is 6.39. The summed E-state index contributed by atoms with van der Waals surface area (Å²) in [5.74, 6) is -1.27. The molecule has 0 atom stereocenters. The first-order valence-electron chi connectivity index (χ1n) is 6.41. The summed E-state index contributed by atoms with van der Waals surface area (Å²) >= 11 is 6.01. The number of non-ortho nitro benzene ring substituents is 1. The van der Waals surface area contributed by atoms with Crippen LogP contribution in [0.25, 0.3) is 0 Å². The molecule has 21 heavy (non-hydrogen) atoms. The fourth-order valence-electron chi connectivity index (χ4n) is 1.99. The zero-order valence-corrected chi connectivity index (χ0v) is 12.3. The number of aromatic carboxylic acids is 1. The lowest BCUT2D eigenvalue weighted by molar-refractivity contribution is -0.384. The van der Waals surface area contributed by atoms with Crippen LogP contribution in [0.3, 0.4) is 0 Å². The summed E-state index contributed by atoms with van der Waals surface area (Å²) in [4.78, 5) is 23.0. The maximum atomic E-state index is 11.3. The summed E-state index contributed by atoms with van der Waals surface area (Å²) in [7, 11) is 1.68. The van der Waals surface area contributed by atoms with Gasteiger partial charge in [-0.05, 0) is 19.3 Å². The van der Waals surface area contributed by atoms with Gasteiger partial charge in [0, 0.05) is 32.3 Å². The molecule has 2 N–H and O–H groups in total. The highest BCUT2D eigenvalue weighted by Gasteiger charge is 2.22. The van der Waals surface area contributed by atoms with Crippen molar-refractivity contribution in [3.05, 3.63) is 32.8 Å². The van der Waals surface area contributed by atoms with E-state index in [0.29, 0.717) is 13.0 Å². The lowest BCUT2D eigenvalue weighted by Gasteiger charge is -2.22. The van der Waals surface area contributed by atoms with Crippen molar-refractivity contribution in [1.29, 1.82) is 0 Å². The lowest BCUT2D eigenvalue weighted by atomic mass is 10.1. The van der Waals surface area contributed by atoms with Crippen LogP contribution in [0, 0.1) is 10.1 Å². The summed E-state index contributed by atoms with van der Waals surface area (Å²) in [5, 5.41) is 28.7. The molecular weight excluding hydrogens is 300 g/mol. The Labute approximate surface area is 126 Å². The molecule has 116 valence electrons. The molecule has 0 radical (unpaired) electrons. The number of aliphatic hydroxyl groups is 1. The van der Waals surface area contributed by atoms with Gasteiger partial charge in [-0.2, -0.15) is 0 Å². The second kappa shape index (κ2) is 7.80. The number of carboxylic acid groups (broad SMARTS) is 1. The molecule has 8 heteroatoms. The van der Waals surface area contributed by atoms with Crippen molar-refractivity contribution in [2.75, 3.05) is 25.1 Å². The van der Waals surface area contributed by atoms with Crippen molar-refractivity contribution in [3.8, 4) is 0 Å². The van der Waals surface area contributed by atoms with Gasteiger partial charge in [-0.3, -0.25) is 10.1 Å². The molecule has 0 spiro atoms. The molecule has 0 saturated heterocycles. The van der Waals surface area contributed by atoms with E-state index in [2.05, 4.69) is 0 Å². The maximum Gasteiger partial charge on any atom is 0.338 e. The van der Waals surface area contributed by atoms with Gasteiger partial charge in [-0.1, -0.05) is 11.6 Å². The van der Waals surface area contributed by atoms with Gasteiger partial charge in [0.2, 0.25) is 0 Å². The fourth-order valence-corrected chi connectivity index (χ4v) is 2.35. The number of aliphatic hydroxyl groups excluding tert-OH is 1. The van der Waals surface area contributed by atoms with E-state index in [4.69, 9.17) is 16.7 Å². The number of carbonyl (C=O) groups is 1. The third kappa shape index (κ3) is 4.57. The van der Waals surface area contributed by atoms with E-state index in [0.717, 1.165) is 25.0 Å². The van der Waals surface area contributed by atoms with E-state index in [9.17, 15) is 20.0 Å². The van der Waals surface area contributed by atoms with Gasteiger partial charge in [-0.15, -0.1) is 0 Å². The molecule has 0 saturated carbocycles. The van der Waals surface area contributed by atoms with Crippen LogP contribution in [0.15, 0.2) is 12.1 Å². The topological polar surface area (TPSA) is 104 Å². The van der Waals surface area contributed by atoms with Gasteiger partial charge in [-0.25, -0.2) is 4.79 Å². The summed E-state index contributed by atoms with van der Waals surface area (Å²) in [6.45, 7) is 0.653. The third-order valence-electron chi connectivity index (χ3n) is 3.02. The van der Waals surface area contributed by atoms with Gasteiger partial charge < -0.3 is 15.1 Å². The molecule has 1 rings (SSSR count). The Bertz CT molecular complexity index is 536. The third-order valence-corrected chi connectivity index (χ3v) is 3.31. The number of unbranched alkanes of at least 4 members (excludes halogenated alkanes) is 2. The molecule has 1 aromatic carbocycles. The average molecular weight is 317 g/mol. The summed E-state index contributed by atoms with van der Waals surface area (Å²) < 4.78 is 0. The SMILES string of the molecule is CN(CCCCCO)c1c(Cl)cc([N+](=O)[O-])cc1C(=O)O. The number of rotatable bonds is 8. The monoisotopic (exact) mass is 316 g/mol. The predicted molar refractivity (Wildman–Crippen MR) is 79.3 cm³/mol. The Balaban J connectivity index is 3.04. The number of nitrogens with zero attached hydrogens (tertiary/aromatic N) is 2. The molecule has 0 fully saturated rings. The molecule has 0 aliphatic heterocycles. The molecule has 0 amide bonds. The zero-order chi connectivity index (χ0) is 16.0. The molecule has 7 nitrogen and oxygen atoms in total. The van der Waals surface area contributed by atoms with Crippen LogP contribution in [0.4, 0.5) is 11.4 Å². The van der Waals surface area contributed by atoms with E-state index < -0.39 is 10.9 Å². The highest BCUT2D eigenvalue weighted by molar-refractivity contribution is 6.34. The van der Waals surface area contributed by atoms with Crippen molar-refractivity contribution in [1.82, 2.24) is 0 Å². The molecule has 0 aliphatic rings. The highest BCUT2D eigenvalue weighted by Crippen LogP contribution is 2.33. The number of nitro benzene ring substituents is 1. The normalized spacial score (nSPS) is 10.4. The minimum atomic E-state index is -1.27.